The molecule has 0 aliphatic carbocycles. The van der Waals surface area contributed by atoms with E-state index in [2.05, 4.69) is 69.4 Å². The Hall–Kier alpha value is -2.63. The molecule has 0 N–H and O–H groups in total. The van der Waals surface area contributed by atoms with E-state index < -0.39 is 6.10 Å². The van der Waals surface area contributed by atoms with E-state index in [9.17, 15) is 14.4 Å². The number of rotatable bonds is 41. The molecule has 0 aromatic rings. The fourth-order valence-electron chi connectivity index (χ4n) is 6.40. The summed E-state index contributed by atoms with van der Waals surface area (Å²) in [6, 6.07) is 0. The molecule has 318 valence electrons. The first-order valence-corrected chi connectivity index (χ1v) is 23.1. The third-order valence-corrected chi connectivity index (χ3v) is 9.83. The molecule has 1 unspecified atom stereocenters. The molecule has 1 atom stereocenters. The summed E-state index contributed by atoms with van der Waals surface area (Å²) in [5.41, 5.74) is 0. The van der Waals surface area contributed by atoms with E-state index in [1.54, 1.807) is 0 Å². The normalized spacial score (nSPS) is 12.4. The monoisotopic (exact) mass is 771 g/mol. The van der Waals surface area contributed by atoms with Crippen LogP contribution in [0.2, 0.25) is 0 Å². The van der Waals surface area contributed by atoms with Crippen molar-refractivity contribution in [2.75, 3.05) is 13.2 Å². The molecule has 0 spiro atoms. The van der Waals surface area contributed by atoms with Gasteiger partial charge >= 0.3 is 17.9 Å². The van der Waals surface area contributed by atoms with Gasteiger partial charge in [-0.05, 0) is 70.6 Å². The van der Waals surface area contributed by atoms with Gasteiger partial charge in [0.25, 0.3) is 0 Å². The fourth-order valence-corrected chi connectivity index (χ4v) is 6.40. The Bertz CT molecular complexity index is 980. The van der Waals surface area contributed by atoms with Crippen LogP contribution >= 0.6 is 0 Å². The van der Waals surface area contributed by atoms with Crippen molar-refractivity contribution in [2.45, 2.75) is 232 Å². The van der Waals surface area contributed by atoms with Gasteiger partial charge in [0.05, 0.1) is 0 Å². The van der Waals surface area contributed by atoms with Crippen molar-refractivity contribution in [3.8, 4) is 0 Å². The van der Waals surface area contributed by atoms with Crippen LogP contribution in [0, 0.1) is 0 Å². The lowest BCUT2D eigenvalue weighted by Crippen LogP contribution is -2.30. The van der Waals surface area contributed by atoms with E-state index in [1.165, 1.54) is 70.6 Å². The van der Waals surface area contributed by atoms with Crippen LogP contribution in [0.15, 0.2) is 48.6 Å². The average Bonchev–Trinajstić information content (AvgIpc) is 3.18. The minimum absolute atomic E-state index is 0.0820. The molecule has 0 fully saturated rings. The first-order valence-electron chi connectivity index (χ1n) is 23.1. The van der Waals surface area contributed by atoms with Gasteiger partial charge < -0.3 is 14.2 Å². The molecule has 0 saturated heterocycles. The molecule has 0 aliphatic rings. The Balaban J connectivity index is 4.40. The van der Waals surface area contributed by atoms with Crippen molar-refractivity contribution in [3.63, 3.8) is 0 Å². The molecule has 55 heavy (non-hydrogen) atoms. The van der Waals surface area contributed by atoms with E-state index in [1.807, 2.05) is 0 Å². The summed E-state index contributed by atoms with van der Waals surface area (Å²) >= 11 is 0. The summed E-state index contributed by atoms with van der Waals surface area (Å²) in [7, 11) is 0. The van der Waals surface area contributed by atoms with Crippen LogP contribution < -0.4 is 0 Å². The zero-order chi connectivity index (χ0) is 40.1. The minimum Gasteiger partial charge on any atom is -0.462 e. The Morgan fingerprint density at radius 3 is 1.09 bits per heavy atom. The maximum absolute atomic E-state index is 12.7. The predicted octanol–water partition coefficient (Wildman–Crippen LogP) is 14.8. The summed E-state index contributed by atoms with van der Waals surface area (Å²) in [6.07, 6.45) is 50.9. The Morgan fingerprint density at radius 1 is 0.382 bits per heavy atom. The van der Waals surface area contributed by atoms with Crippen molar-refractivity contribution >= 4 is 17.9 Å². The van der Waals surface area contributed by atoms with E-state index >= 15 is 0 Å². The number of carbonyl (C=O) groups excluding carboxylic acids is 3. The van der Waals surface area contributed by atoms with Crippen LogP contribution in [0.5, 0.6) is 0 Å². The molecule has 6 heteroatoms. The SMILES string of the molecule is CC/C=C\C/C=C\CCCCCCCC(=O)OCC(COC(=O)CCCCCCCCCCCCCCC)OC(=O)CCCCCCC/C=C\C/C=C\CC. The van der Waals surface area contributed by atoms with E-state index in [0.29, 0.717) is 19.3 Å². The number of carbonyl (C=O) groups is 3. The molecule has 0 aliphatic heterocycles. The van der Waals surface area contributed by atoms with Gasteiger partial charge in [0.15, 0.2) is 6.10 Å². The number of hydrogen-bond donors (Lipinski definition) is 0. The summed E-state index contributed by atoms with van der Waals surface area (Å²) in [6.45, 7) is 6.39. The molecule has 0 radical (unpaired) electrons. The molecule has 0 saturated carbocycles. The largest absolute Gasteiger partial charge is 0.462 e. The summed E-state index contributed by atoms with van der Waals surface area (Å²) in [5, 5.41) is 0. The quantitative estimate of drug-likeness (QED) is 0.0267. The smallest absolute Gasteiger partial charge is 0.306 e. The topological polar surface area (TPSA) is 78.9 Å². The maximum atomic E-state index is 12.7. The predicted molar refractivity (Wildman–Crippen MR) is 233 cm³/mol. The summed E-state index contributed by atoms with van der Waals surface area (Å²) < 4.78 is 16.7. The average molecular weight is 771 g/mol. The van der Waals surface area contributed by atoms with Crippen LogP contribution in [-0.2, 0) is 28.6 Å². The van der Waals surface area contributed by atoms with Crippen LogP contribution in [-0.4, -0.2) is 37.2 Å². The van der Waals surface area contributed by atoms with Gasteiger partial charge in [0.1, 0.15) is 13.2 Å². The molecule has 0 aromatic carbocycles. The fraction of sp³-hybridized carbons (Fsp3) is 0.776. The van der Waals surface area contributed by atoms with Crippen molar-refractivity contribution in [1.29, 1.82) is 0 Å². The highest BCUT2D eigenvalue weighted by Crippen LogP contribution is 2.14. The van der Waals surface area contributed by atoms with Gasteiger partial charge in [-0.25, -0.2) is 0 Å². The molecule has 6 nitrogen and oxygen atoms in total. The van der Waals surface area contributed by atoms with Crippen LogP contribution in [0.3, 0.4) is 0 Å². The van der Waals surface area contributed by atoms with E-state index in [4.69, 9.17) is 14.2 Å². The Morgan fingerprint density at radius 2 is 0.709 bits per heavy atom. The van der Waals surface area contributed by atoms with Crippen LogP contribution in [0.25, 0.3) is 0 Å². The molecule has 0 aromatic heterocycles. The highest BCUT2D eigenvalue weighted by molar-refractivity contribution is 5.71. The number of unbranched alkanes of at least 4 members (excludes halogenated alkanes) is 22. The van der Waals surface area contributed by atoms with Gasteiger partial charge in [0, 0.05) is 19.3 Å². The molecular formula is C49H86O6. The Kier molecular flexibility index (Phi) is 42.0. The van der Waals surface area contributed by atoms with Crippen molar-refractivity contribution < 1.29 is 28.6 Å². The van der Waals surface area contributed by atoms with Crippen LogP contribution in [0.4, 0.5) is 0 Å². The van der Waals surface area contributed by atoms with Gasteiger partial charge in [-0.2, -0.15) is 0 Å². The van der Waals surface area contributed by atoms with Gasteiger partial charge in [-0.3, -0.25) is 14.4 Å². The molecule has 0 amide bonds. The molecular weight excluding hydrogens is 685 g/mol. The number of ether oxygens (including phenoxy) is 3. The first kappa shape index (κ1) is 52.4. The highest BCUT2D eigenvalue weighted by atomic mass is 16.6. The lowest BCUT2D eigenvalue weighted by Gasteiger charge is -2.18. The van der Waals surface area contributed by atoms with Gasteiger partial charge in [-0.1, -0.05) is 185 Å². The van der Waals surface area contributed by atoms with Crippen LogP contribution in [0.1, 0.15) is 226 Å². The number of hydrogen-bond acceptors (Lipinski definition) is 6. The molecule has 0 heterocycles. The summed E-state index contributed by atoms with van der Waals surface area (Å²) in [4.78, 5) is 37.7. The number of allylic oxidation sites excluding steroid dienone is 8. The van der Waals surface area contributed by atoms with Gasteiger partial charge in [0.2, 0.25) is 0 Å². The second kappa shape index (κ2) is 44.1. The second-order valence-electron chi connectivity index (χ2n) is 15.3. The zero-order valence-corrected chi connectivity index (χ0v) is 36.2. The number of esters is 3. The molecule has 0 bridgehead atoms. The lowest BCUT2D eigenvalue weighted by atomic mass is 10.0. The third kappa shape index (κ3) is 42.4. The second-order valence-corrected chi connectivity index (χ2v) is 15.3. The third-order valence-electron chi connectivity index (χ3n) is 9.83. The zero-order valence-electron chi connectivity index (χ0n) is 36.2. The highest BCUT2D eigenvalue weighted by Gasteiger charge is 2.19. The lowest BCUT2D eigenvalue weighted by molar-refractivity contribution is -0.167. The van der Waals surface area contributed by atoms with Crippen molar-refractivity contribution in [3.05, 3.63) is 48.6 Å². The standard InChI is InChI=1S/C49H86O6/c1-4-7-10-13-16-19-22-25-28-30-33-36-39-42-48(51)54-45-46(55-49(52)43-40-37-34-31-27-24-21-18-15-12-9-6-3)44-53-47(50)41-38-35-32-29-26-23-20-17-14-11-8-5-2/h8-9,11-12,17-18,20-21,46H,4-7,10,13-16,19,22-45H2,1-3H3/b11-8-,12-9-,20-17-,21-18-. The van der Waals surface area contributed by atoms with E-state index in [0.717, 1.165) is 116 Å². The summed E-state index contributed by atoms with van der Waals surface area (Å²) in [5.74, 6) is -0.912. The minimum atomic E-state index is -0.781. The first-order chi connectivity index (χ1) is 27.0. The van der Waals surface area contributed by atoms with E-state index in [-0.39, 0.29) is 31.1 Å². The Labute approximate surface area is 339 Å². The van der Waals surface area contributed by atoms with Crippen molar-refractivity contribution in [1.82, 2.24) is 0 Å². The molecule has 0 rings (SSSR count). The van der Waals surface area contributed by atoms with Gasteiger partial charge in [-0.15, -0.1) is 0 Å². The van der Waals surface area contributed by atoms with Crippen molar-refractivity contribution in [2.24, 2.45) is 0 Å². The maximum Gasteiger partial charge on any atom is 0.306 e.